The lowest BCUT2D eigenvalue weighted by molar-refractivity contribution is -0.384. The van der Waals surface area contributed by atoms with E-state index in [2.05, 4.69) is 0 Å². The number of non-ortho nitro benzene ring substituents is 1. The summed E-state index contributed by atoms with van der Waals surface area (Å²) in [5, 5.41) is 19.6. The van der Waals surface area contributed by atoms with Gasteiger partial charge in [0.15, 0.2) is 0 Å². The largest absolute Gasteiger partial charge is 0.396 e. The zero-order valence-corrected chi connectivity index (χ0v) is 13.3. The molecule has 0 heterocycles. The van der Waals surface area contributed by atoms with E-state index in [0.29, 0.717) is 5.56 Å². The van der Waals surface area contributed by atoms with Gasteiger partial charge in [0, 0.05) is 25.3 Å². The highest BCUT2D eigenvalue weighted by Crippen LogP contribution is 2.17. The van der Waals surface area contributed by atoms with Crippen molar-refractivity contribution in [2.75, 3.05) is 19.7 Å². The molecule has 3 N–H and O–H groups in total. The summed E-state index contributed by atoms with van der Waals surface area (Å²) >= 11 is 4.73. The van der Waals surface area contributed by atoms with Gasteiger partial charge in [0.1, 0.15) is 0 Å². The van der Waals surface area contributed by atoms with Gasteiger partial charge in [-0.05, 0) is 12.0 Å². The summed E-state index contributed by atoms with van der Waals surface area (Å²) in [5.74, 6) is -0.400. The Hall–Kier alpha value is -1.62. The van der Waals surface area contributed by atoms with Gasteiger partial charge in [-0.15, -0.1) is 0 Å². The maximum Gasteiger partial charge on any atom is 0.269 e. The van der Waals surface area contributed by atoms with E-state index >= 15 is 0 Å². The number of hydrogen-bond donors (Lipinski definition) is 2. The van der Waals surface area contributed by atoms with E-state index in [9.17, 15) is 18.5 Å². The Labute approximate surface area is 133 Å². The SMILES string of the molecule is NC(=S)CN(CCCO)S(=O)(=O)Cc1cccc([N+](=O)[O-])c1. The maximum absolute atomic E-state index is 12.4. The molecule has 0 saturated carbocycles. The van der Waals surface area contributed by atoms with Crippen molar-refractivity contribution in [3.8, 4) is 0 Å². The number of rotatable bonds is 9. The summed E-state index contributed by atoms with van der Waals surface area (Å²) in [7, 11) is -3.75. The summed E-state index contributed by atoms with van der Waals surface area (Å²) in [6, 6.07) is 5.42. The van der Waals surface area contributed by atoms with Crippen LogP contribution in [-0.2, 0) is 15.8 Å². The van der Waals surface area contributed by atoms with Crippen molar-refractivity contribution < 1.29 is 18.4 Å². The van der Waals surface area contributed by atoms with Gasteiger partial charge in [0.2, 0.25) is 10.0 Å². The van der Waals surface area contributed by atoms with Crippen LogP contribution in [0.15, 0.2) is 24.3 Å². The average Bonchev–Trinajstić information content (AvgIpc) is 2.42. The van der Waals surface area contributed by atoms with E-state index in [-0.39, 0.29) is 36.8 Å². The molecule has 0 radical (unpaired) electrons. The van der Waals surface area contributed by atoms with Gasteiger partial charge in [-0.1, -0.05) is 24.4 Å². The third-order valence-electron chi connectivity index (χ3n) is 2.76. The molecule has 8 nitrogen and oxygen atoms in total. The summed E-state index contributed by atoms with van der Waals surface area (Å²) in [6.07, 6.45) is 0.247. The maximum atomic E-state index is 12.4. The van der Waals surface area contributed by atoms with Crippen molar-refractivity contribution in [2.24, 2.45) is 5.73 Å². The van der Waals surface area contributed by atoms with Gasteiger partial charge in [0.25, 0.3) is 5.69 Å². The number of nitrogens with zero attached hydrogens (tertiary/aromatic N) is 2. The molecule has 0 amide bonds. The predicted octanol–water partition coefficient (Wildman–Crippen LogP) is 0.395. The number of aliphatic hydroxyl groups is 1. The lowest BCUT2D eigenvalue weighted by Gasteiger charge is -2.21. The normalized spacial score (nSPS) is 11.5. The molecule has 0 unspecified atom stereocenters. The van der Waals surface area contributed by atoms with E-state index in [4.69, 9.17) is 23.1 Å². The second-order valence-electron chi connectivity index (χ2n) is 4.56. The van der Waals surface area contributed by atoms with Crippen LogP contribution in [0.25, 0.3) is 0 Å². The van der Waals surface area contributed by atoms with Crippen LogP contribution < -0.4 is 5.73 Å². The lowest BCUT2D eigenvalue weighted by atomic mass is 10.2. The molecule has 1 aromatic carbocycles. The van der Waals surface area contributed by atoms with E-state index < -0.39 is 20.7 Å². The van der Waals surface area contributed by atoms with E-state index in [1.54, 1.807) is 0 Å². The molecule has 122 valence electrons. The fraction of sp³-hybridized carbons (Fsp3) is 0.417. The summed E-state index contributed by atoms with van der Waals surface area (Å²) in [6.45, 7) is -0.224. The van der Waals surface area contributed by atoms with Crippen LogP contribution in [0.1, 0.15) is 12.0 Å². The Balaban J connectivity index is 2.97. The number of sulfonamides is 1. The molecule has 22 heavy (non-hydrogen) atoms. The fourth-order valence-corrected chi connectivity index (χ4v) is 3.56. The Morgan fingerprint density at radius 1 is 1.45 bits per heavy atom. The second kappa shape index (κ2) is 8.13. The third kappa shape index (κ3) is 5.64. The zero-order valence-electron chi connectivity index (χ0n) is 11.7. The number of hydrogen-bond acceptors (Lipinski definition) is 6. The average molecular weight is 347 g/mol. The minimum Gasteiger partial charge on any atom is -0.396 e. The minimum absolute atomic E-state index is 0.0144. The summed E-state index contributed by atoms with van der Waals surface area (Å²) in [5.41, 5.74) is 5.51. The molecule has 0 fully saturated rings. The summed E-state index contributed by atoms with van der Waals surface area (Å²) in [4.78, 5) is 10.1. The van der Waals surface area contributed by atoms with E-state index in [1.807, 2.05) is 0 Å². The van der Waals surface area contributed by atoms with Crippen molar-refractivity contribution in [3.63, 3.8) is 0 Å². The van der Waals surface area contributed by atoms with Gasteiger partial charge in [-0.25, -0.2) is 8.42 Å². The number of nitro benzene ring substituents is 1. The molecule has 1 rings (SSSR count). The van der Waals surface area contributed by atoms with E-state index in [1.165, 1.54) is 24.3 Å². The van der Waals surface area contributed by atoms with Crippen molar-refractivity contribution in [2.45, 2.75) is 12.2 Å². The van der Waals surface area contributed by atoms with Crippen molar-refractivity contribution in [1.29, 1.82) is 0 Å². The monoisotopic (exact) mass is 347 g/mol. The highest BCUT2D eigenvalue weighted by atomic mass is 32.2. The number of thiocarbonyl (C=S) groups is 1. The third-order valence-corrected chi connectivity index (χ3v) is 4.69. The molecule has 0 aromatic heterocycles. The van der Waals surface area contributed by atoms with Crippen LogP contribution in [0.4, 0.5) is 5.69 Å². The van der Waals surface area contributed by atoms with Gasteiger partial charge >= 0.3 is 0 Å². The van der Waals surface area contributed by atoms with Gasteiger partial charge in [-0.2, -0.15) is 4.31 Å². The van der Waals surface area contributed by atoms with Gasteiger partial charge in [-0.3, -0.25) is 10.1 Å². The molecule has 0 bridgehead atoms. The van der Waals surface area contributed by atoms with Gasteiger partial charge < -0.3 is 10.8 Å². The Kier molecular flexibility index (Phi) is 6.81. The molecule has 0 aliphatic heterocycles. The van der Waals surface area contributed by atoms with Crippen molar-refractivity contribution in [1.82, 2.24) is 4.31 Å². The second-order valence-corrected chi connectivity index (χ2v) is 7.05. The molecule has 0 spiro atoms. The molecule has 10 heteroatoms. The van der Waals surface area contributed by atoms with Crippen LogP contribution >= 0.6 is 12.2 Å². The topological polar surface area (TPSA) is 127 Å². The zero-order chi connectivity index (χ0) is 16.8. The first-order valence-corrected chi connectivity index (χ1v) is 8.38. The smallest absolute Gasteiger partial charge is 0.269 e. The molecule has 0 aliphatic carbocycles. The van der Waals surface area contributed by atoms with Crippen LogP contribution in [-0.4, -0.2) is 47.4 Å². The molecule has 1 aromatic rings. The first-order chi connectivity index (χ1) is 10.3. The molecular formula is C12H17N3O5S2. The highest BCUT2D eigenvalue weighted by molar-refractivity contribution is 7.88. The van der Waals surface area contributed by atoms with Gasteiger partial charge in [0.05, 0.1) is 22.2 Å². The quantitative estimate of drug-likeness (QED) is 0.376. The number of aliphatic hydroxyl groups excluding tert-OH is 1. The fourth-order valence-electron chi connectivity index (χ4n) is 1.80. The molecular weight excluding hydrogens is 330 g/mol. The molecule has 0 atom stereocenters. The minimum atomic E-state index is -3.75. The standard InChI is InChI=1S/C12H17N3O5S2/c13-12(21)8-14(5-2-6-16)22(19,20)9-10-3-1-4-11(7-10)15(17)18/h1,3-4,7,16H,2,5-6,8-9H2,(H2,13,21). The van der Waals surface area contributed by atoms with Crippen LogP contribution in [0.2, 0.25) is 0 Å². The predicted molar refractivity (Wildman–Crippen MR) is 85.8 cm³/mol. The number of nitrogens with two attached hydrogens (primary N) is 1. The number of benzene rings is 1. The first kappa shape index (κ1) is 18.4. The van der Waals surface area contributed by atoms with Crippen LogP contribution in [0.3, 0.4) is 0 Å². The molecule has 0 saturated heterocycles. The molecule has 0 aliphatic rings. The lowest BCUT2D eigenvalue weighted by Crippen LogP contribution is -2.39. The van der Waals surface area contributed by atoms with E-state index in [0.717, 1.165) is 4.31 Å². The summed E-state index contributed by atoms with van der Waals surface area (Å²) < 4.78 is 25.8. The Bertz CT molecular complexity index is 648. The Morgan fingerprint density at radius 2 is 2.14 bits per heavy atom. The Morgan fingerprint density at radius 3 is 2.68 bits per heavy atom. The van der Waals surface area contributed by atoms with Crippen molar-refractivity contribution in [3.05, 3.63) is 39.9 Å². The van der Waals surface area contributed by atoms with Crippen LogP contribution in [0.5, 0.6) is 0 Å². The first-order valence-electron chi connectivity index (χ1n) is 6.36. The van der Waals surface area contributed by atoms with Crippen LogP contribution in [0, 0.1) is 10.1 Å². The highest BCUT2D eigenvalue weighted by Gasteiger charge is 2.23. The van der Waals surface area contributed by atoms with Crippen molar-refractivity contribution >= 4 is 32.9 Å². The number of nitro groups is 1.